The second kappa shape index (κ2) is 6.22. The van der Waals surface area contributed by atoms with E-state index in [9.17, 15) is 8.78 Å². The van der Waals surface area contributed by atoms with Gasteiger partial charge in [0.1, 0.15) is 12.4 Å². The predicted octanol–water partition coefficient (Wildman–Crippen LogP) is 4.94. The molecule has 0 amide bonds. The molecule has 19 heavy (non-hydrogen) atoms. The number of alkyl halides is 1. The maximum atomic E-state index is 13.4. The van der Waals surface area contributed by atoms with Crippen molar-refractivity contribution >= 4 is 23.2 Å². The van der Waals surface area contributed by atoms with Crippen LogP contribution >= 0.6 is 23.2 Å². The average Bonchev–Trinajstić information content (AvgIpc) is 2.41. The Morgan fingerprint density at radius 3 is 2.58 bits per heavy atom. The lowest BCUT2D eigenvalue weighted by Crippen LogP contribution is -2.01. The van der Waals surface area contributed by atoms with Gasteiger partial charge in [0.25, 0.3) is 0 Å². The van der Waals surface area contributed by atoms with Crippen LogP contribution in [0.3, 0.4) is 0 Å². The van der Waals surface area contributed by atoms with Gasteiger partial charge in [0.15, 0.2) is 11.6 Å². The van der Waals surface area contributed by atoms with Crippen molar-refractivity contribution in [3.8, 4) is 5.75 Å². The molecule has 0 radical (unpaired) electrons. The molecule has 1 nitrogen and oxygen atoms in total. The standard InChI is InChI=1S/C14H10Cl2F2O/c15-7-10-6-11(16)4-5-13(10)19-8-9-2-1-3-12(17)14(9)18/h1-6H,7-8H2. The summed E-state index contributed by atoms with van der Waals surface area (Å²) >= 11 is 11.6. The lowest BCUT2D eigenvalue weighted by atomic mass is 10.2. The summed E-state index contributed by atoms with van der Waals surface area (Å²) in [6.07, 6.45) is 0. The van der Waals surface area contributed by atoms with Gasteiger partial charge >= 0.3 is 0 Å². The van der Waals surface area contributed by atoms with Crippen molar-refractivity contribution in [2.45, 2.75) is 12.5 Å². The van der Waals surface area contributed by atoms with Crippen LogP contribution in [0.25, 0.3) is 0 Å². The molecule has 0 unspecified atom stereocenters. The molecule has 0 spiro atoms. The molecule has 2 aromatic carbocycles. The Labute approximate surface area is 119 Å². The molecule has 0 atom stereocenters. The maximum absolute atomic E-state index is 13.4. The van der Waals surface area contributed by atoms with E-state index >= 15 is 0 Å². The van der Waals surface area contributed by atoms with E-state index in [0.29, 0.717) is 16.3 Å². The summed E-state index contributed by atoms with van der Waals surface area (Å²) in [5.41, 5.74) is 0.849. The van der Waals surface area contributed by atoms with Gasteiger partial charge in [0.2, 0.25) is 0 Å². The van der Waals surface area contributed by atoms with Gasteiger partial charge in [-0.25, -0.2) is 8.78 Å². The maximum Gasteiger partial charge on any atom is 0.165 e. The highest BCUT2D eigenvalue weighted by atomic mass is 35.5. The first-order valence-corrected chi connectivity index (χ1v) is 6.43. The Hall–Kier alpha value is -1.32. The second-order valence-corrected chi connectivity index (χ2v) is 4.59. The second-order valence-electron chi connectivity index (χ2n) is 3.89. The number of ether oxygens (including phenoxy) is 1. The minimum Gasteiger partial charge on any atom is -0.488 e. The lowest BCUT2D eigenvalue weighted by Gasteiger charge is -2.11. The summed E-state index contributed by atoms with van der Waals surface area (Å²) in [7, 11) is 0. The van der Waals surface area contributed by atoms with Crippen LogP contribution < -0.4 is 4.74 Å². The zero-order valence-electron chi connectivity index (χ0n) is 9.80. The first-order chi connectivity index (χ1) is 9.11. The van der Waals surface area contributed by atoms with Gasteiger partial charge in [0.05, 0.1) is 5.88 Å². The smallest absolute Gasteiger partial charge is 0.165 e. The summed E-state index contributed by atoms with van der Waals surface area (Å²) in [4.78, 5) is 0. The Kier molecular flexibility index (Phi) is 4.61. The molecule has 0 aliphatic carbocycles. The highest BCUT2D eigenvalue weighted by Gasteiger charge is 2.09. The average molecular weight is 303 g/mol. The first-order valence-electron chi connectivity index (χ1n) is 5.52. The van der Waals surface area contributed by atoms with Gasteiger partial charge in [0, 0.05) is 16.1 Å². The van der Waals surface area contributed by atoms with Crippen LogP contribution in [0.15, 0.2) is 36.4 Å². The molecule has 0 fully saturated rings. The third kappa shape index (κ3) is 3.37. The van der Waals surface area contributed by atoms with E-state index in [0.717, 1.165) is 6.07 Å². The number of rotatable bonds is 4. The fourth-order valence-corrected chi connectivity index (χ4v) is 2.01. The number of hydrogen-bond acceptors (Lipinski definition) is 1. The van der Waals surface area contributed by atoms with Crippen molar-refractivity contribution in [3.05, 3.63) is 64.2 Å². The van der Waals surface area contributed by atoms with Crippen LogP contribution in [-0.4, -0.2) is 0 Å². The third-order valence-electron chi connectivity index (χ3n) is 2.58. The zero-order valence-corrected chi connectivity index (χ0v) is 11.3. The molecule has 0 N–H and O–H groups in total. The van der Waals surface area contributed by atoms with E-state index in [1.807, 2.05) is 0 Å². The van der Waals surface area contributed by atoms with Gasteiger partial charge in [-0.2, -0.15) is 0 Å². The molecule has 0 saturated heterocycles. The monoisotopic (exact) mass is 302 g/mol. The van der Waals surface area contributed by atoms with Crippen molar-refractivity contribution < 1.29 is 13.5 Å². The summed E-state index contributed by atoms with van der Waals surface area (Å²) in [6, 6.07) is 8.93. The van der Waals surface area contributed by atoms with Crippen LogP contribution in [0.5, 0.6) is 5.75 Å². The van der Waals surface area contributed by atoms with E-state index in [4.69, 9.17) is 27.9 Å². The summed E-state index contributed by atoms with van der Waals surface area (Å²) < 4.78 is 31.9. The highest BCUT2D eigenvalue weighted by Crippen LogP contribution is 2.25. The molecule has 0 aromatic heterocycles. The van der Waals surface area contributed by atoms with Gasteiger partial charge in [-0.3, -0.25) is 0 Å². The largest absolute Gasteiger partial charge is 0.488 e. The zero-order chi connectivity index (χ0) is 13.8. The van der Waals surface area contributed by atoms with Crippen molar-refractivity contribution in [2.75, 3.05) is 0 Å². The summed E-state index contributed by atoms with van der Waals surface area (Å²) in [5, 5.41) is 0.542. The molecule has 0 aliphatic heterocycles. The van der Waals surface area contributed by atoms with Gasteiger partial charge in [-0.15, -0.1) is 11.6 Å². The molecule has 2 aromatic rings. The van der Waals surface area contributed by atoms with Crippen molar-refractivity contribution in [3.63, 3.8) is 0 Å². The highest BCUT2D eigenvalue weighted by molar-refractivity contribution is 6.30. The number of benzene rings is 2. The molecule has 0 heterocycles. The molecule has 0 aliphatic rings. The minimum absolute atomic E-state index is 0.0743. The van der Waals surface area contributed by atoms with Crippen molar-refractivity contribution in [1.29, 1.82) is 0 Å². The fraction of sp³-hybridized carbons (Fsp3) is 0.143. The van der Waals surface area contributed by atoms with E-state index in [1.54, 1.807) is 18.2 Å². The minimum atomic E-state index is -0.899. The lowest BCUT2D eigenvalue weighted by molar-refractivity contribution is 0.295. The molecule has 100 valence electrons. The van der Waals surface area contributed by atoms with Crippen LogP contribution in [-0.2, 0) is 12.5 Å². The molecule has 2 rings (SSSR count). The fourth-order valence-electron chi connectivity index (χ4n) is 1.61. The normalized spacial score (nSPS) is 10.5. The summed E-state index contributed by atoms with van der Waals surface area (Å²) in [6.45, 7) is -0.0743. The predicted molar refractivity (Wildman–Crippen MR) is 71.7 cm³/mol. The summed E-state index contributed by atoms with van der Waals surface area (Å²) in [5.74, 6) is -1.07. The third-order valence-corrected chi connectivity index (χ3v) is 3.10. The molecule has 0 saturated carbocycles. The quantitative estimate of drug-likeness (QED) is 0.727. The van der Waals surface area contributed by atoms with Crippen LogP contribution in [0.4, 0.5) is 8.78 Å². The van der Waals surface area contributed by atoms with Crippen LogP contribution in [0.2, 0.25) is 5.02 Å². The topological polar surface area (TPSA) is 9.23 Å². The Morgan fingerprint density at radius 1 is 1.05 bits per heavy atom. The van der Waals surface area contributed by atoms with Crippen LogP contribution in [0, 0.1) is 11.6 Å². The van der Waals surface area contributed by atoms with Crippen molar-refractivity contribution in [2.24, 2.45) is 0 Å². The van der Waals surface area contributed by atoms with Gasteiger partial charge < -0.3 is 4.74 Å². The first kappa shape index (κ1) is 14.1. The molecular formula is C14H10Cl2F2O. The SMILES string of the molecule is Fc1cccc(COc2ccc(Cl)cc2CCl)c1F. The molecular weight excluding hydrogens is 293 g/mol. The van der Waals surface area contributed by atoms with E-state index < -0.39 is 11.6 Å². The van der Waals surface area contributed by atoms with E-state index in [-0.39, 0.29) is 18.1 Å². The van der Waals surface area contributed by atoms with Gasteiger partial charge in [-0.1, -0.05) is 23.7 Å². The van der Waals surface area contributed by atoms with Crippen molar-refractivity contribution in [1.82, 2.24) is 0 Å². The Bertz CT molecular complexity index is 588. The van der Waals surface area contributed by atoms with E-state index in [2.05, 4.69) is 0 Å². The van der Waals surface area contributed by atoms with Crippen LogP contribution in [0.1, 0.15) is 11.1 Å². The molecule has 0 bridgehead atoms. The van der Waals surface area contributed by atoms with Gasteiger partial charge in [-0.05, 0) is 24.3 Å². The number of halogens is 4. The Balaban J connectivity index is 2.17. The number of hydrogen-bond donors (Lipinski definition) is 0. The Morgan fingerprint density at radius 2 is 1.84 bits per heavy atom. The van der Waals surface area contributed by atoms with E-state index in [1.165, 1.54) is 12.1 Å². The molecule has 5 heteroatoms.